The standard InChI is InChI=1S/C16H22N2/c1-3-10-17-11-4-5-14-7-9-16-15(12-14)8-6-13(2)18-16/h6-9,12,17H,3-5,10-11H2,1-2H3. The number of nitrogens with one attached hydrogen (secondary N) is 1. The van der Waals surface area contributed by atoms with Crippen molar-refractivity contribution in [3.05, 3.63) is 41.6 Å². The third-order valence-electron chi connectivity index (χ3n) is 3.14. The van der Waals surface area contributed by atoms with E-state index in [1.54, 1.807) is 0 Å². The Morgan fingerprint density at radius 1 is 1.11 bits per heavy atom. The van der Waals surface area contributed by atoms with Gasteiger partial charge >= 0.3 is 0 Å². The highest BCUT2D eigenvalue weighted by Crippen LogP contribution is 2.15. The second kappa shape index (κ2) is 6.50. The number of aromatic nitrogens is 1. The number of aryl methyl sites for hydroxylation is 2. The van der Waals surface area contributed by atoms with E-state index in [0.29, 0.717) is 0 Å². The van der Waals surface area contributed by atoms with Crippen molar-refractivity contribution < 1.29 is 0 Å². The number of benzene rings is 1. The van der Waals surface area contributed by atoms with Crippen LogP contribution in [0.1, 0.15) is 31.0 Å². The number of pyridine rings is 1. The first-order valence-corrected chi connectivity index (χ1v) is 6.86. The summed E-state index contributed by atoms with van der Waals surface area (Å²) in [6, 6.07) is 10.8. The molecule has 0 atom stereocenters. The van der Waals surface area contributed by atoms with Gasteiger partial charge in [0.25, 0.3) is 0 Å². The highest BCUT2D eigenvalue weighted by molar-refractivity contribution is 5.79. The zero-order valence-electron chi connectivity index (χ0n) is 11.4. The lowest BCUT2D eigenvalue weighted by atomic mass is 10.1. The monoisotopic (exact) mass is 242 g/mol. The molecule has 18 heavy (non-hydrogen) atoms. The Bertz CT molecular complexity index is 505. The number of rotatable bonds is 6. The van der Waals surface area contributed by atoms with Gasteiger partial charge in [0, 0.05) is 11.1 Å². The van der Waals surface area contributed by atoms with Gasteiger partial charge in [-0.15, -0.1) is 0 Å². The first-order valence-electron chi connectivity index (χ1n) is 6.86. The fourth-order valence-corrected chi connectivity index (χ4v) is 2.15. The Morgan fingerprint density at radius 3 is 2.83 bits per heavy atom. The van der Waals surface area contributed by atoms with E-state index in [0.717, 1.165) is 30.7 Å². The van der Waals surface area contributed by atoms with Crippen molar-refractivity contribution in [2.75, 3.05) is 13.1 Å². The summed E-state index contributed by atoms with van der Waals surface area (Å²) >= 11 is 0. The molecule has 0 amide bonds. The second-order valence-electron chi connectivity index (χ2n) is 4.83. The van der Waals surface area contributed by atoms with Crippen LogP contribution >= 0.6 is 0 Å². The summed E-state index contributed by atoms with van der Waals surface area (Å²) in [5.74, 6) is 0. The van der Waals surface area contributed by atoms with Gasteiger partial charge in [0.2, 0.25) is 0 Å². The molecule has 2 aromatic rings. The van der Waals surface area contributed by atoms with Gasteiger partial charge < -0.3 is 5.32 Å². The molecule has 0 saturated heterocycles. The van der Waals surface area contributed by atoms with Gasteiger partial charge in [-0.1, -0.05) is 19.1 Å². The molecular formula is C16H22N2. The molecule has 2 heteroatoms. The van der Waals surface area contributed by atoms with Crippen LogP contribution in [0.25, 0.3) is 10.9 Å². The van der Waals surface area contributed by atoms with Crippen molar-refractivity contribution in [1.82, 2.24) is 10.3 Å². The smallest absolute Gasteiger partial charge is 0.0705 e. The largest absolute Gasteiger partial charge is 0.317 e. The zero-order valence-corrected chi connectivity index (χ0v) is 11.4. The molecule has 0 aliphatic carbocycles. The first kappa shape index (κ1) is 13.0. The molecular weight excluding hydrogens is 220 g/mol. The predicted molar refractivity (Wildman–Crippen MR) is 78.0 cm³/mol. The Morgan fingerprint density at radius 2 is 2.00 bits per heavy atom. The van der Waals surface area contributed by atoms with Crippen molar-refractivity contribution in [2.45, 2.75) is 33.1 Å². The van der Waals surface area contributed by atoms with E-state index in [-0.39, 0.29) is 0 Å². The molecule has 0 aliphatic rings. The highest BCUT2D eigenvalue weighted by Gasteiger charge is 1.98. The molecule has 96 valence electrons. The summed E-state index contributed by atoms with van der Waals surface area (Å²) in [5.41, 5.74) is 3.59. The van der Waals surface area contributed by atoms with E-state index in [2.05, 4.69) is 47.6 Å². The topological polar surface area (TPSA) is 24.9 Å². The molecule has 0 unspecified atom stereocenters. The molecule has 1 aromatic carbocycles. The van der Waals surface area contributed by atoms with Gasteiger partial charge in [-0.3, -0.25) is 4.98 Å². The molecule has 0 fully saturated rings. The molecule has 0 spiro atoms. The van der Waals surface area contributed by atoms with Gasteiger partial charge in [-0.2, -0.15) is 0 Å². The molecule has 1 N–H and O–H groups in total. The minimum atomic E-state index is 1.08. The number of hydrogen-bond donors (Lipinski definition) is 1. The first-order chi connectivity index (χ1) is 8.79. The fourth-order valence-electron chi connectivity index (χ4n) is 2.15. The van der Waals surface area contributed by atoms with Crippen LogP contribution in [0.3, 0.4) is 0 Å². The Balaban J connectivity index is 1.95. The molecule has 2 nitrogen and oxygen atoms in total. The quantitative estimate of drug-likeness (QED) is 0.784. The summed E-state index contributed by atoms with van der Waals surface area (Å²) in [7, 11) is 0. The second-order valence-corrected chi connectivity index (χ2v) is 4.83. The Labute approximate surface area is 109 Å². The third kappa shape index (κ3) is 3.54. The van der Waals surface area contributed by atoms with Crippen LogP contribution in [-0.2, 0) is 6.42 Å². The molecule has 1 aromatic heterocycles. The number of nitrogens with zero attached hydrogens (tertiary/aromatic N) is 1. The van der Waals surface area contributed by atoms with Crippen LogP contribution < -0.4 is 5.32 Å². The van der Waals surface area contributed by atoms with Gasteiger partial charge in [-0.05, 0) is 63.0 Å². The lowest BCUT2D eigenvalue weighted by Gasteiger charge is -2.05. The molecule has 2 rings (SSSR count). The fraction of sp³-hybridized carbons (Fsp3) is 0.438. The van der Waals surface area contributed by atoms with Crippen LogP contribution in [0, 0.1) is 6.92 Å². The van der Waals surface area contributed by atoms with E-state index in [9.17, 15) is 0 Å². The normalized spacial score (nSPS) is 11.0. The number of hydrogen-bond acceptors (Lipinski definition) is 2. The maximum atomic E-state index is 4.53. The van der Waals surface area contributed by atoms with Gasteiger partial charge in [0.15, 0.2) is 0 Å². The molecule has 0 saturated carbocycles. The minimum absolute atomic E-state index is 1.08. The molecule has 0 bridgehead atoms. The minimum Gasteiger partial charge on any atom is -0.317 e. The van der Waals surface area contributed by atoms with E-state index in [4.69, 9.17) is 0 Å². The summed E-state index contributed by atoms with van der Waals surface area (Å²) in [6.07, 6.45) is 3.55. The lowest BCUT2D eigenvalue weighted by Crippen LogP contribution is -2.16. The molecule has 0 radical (unpaired) electrons. The van der Waals surface area contributed by atoms with E-state index >= 15 is 0 Å². The summed E-state index contributed by atoms with van der Waals surface area (Å²) in [5, 5.41) is 4.69. The van der Waals surface area contributed by atoms with Crippen LogP contribution in [0.2, 0.25) is 0 Å². The van der Waals surface area contributed by atoms with Crippen molar-refractivity contribution in [3.8, 4) is 0 Å². The van der Waals surface area contributed by atoms with Gasteiger partial charge in [0.05, 0.1) is 5.52 Å². The predicted octanol–water partition coefficient (Wildman–Crippen LogP) is 3.48. The van der Waals surface area contributed by atoms with E-state index in [1.165, 1.54) is 23.8 Å². The number of fused-ring (bicyclic) bond motifs is 1. The van der Waals surface area contributed by atoms with Crippen molar-refractivity contribution in [3.63, 3.8) is 0 Å². The van der Waals surface area contributed by atoms with Crippen LogP contribution in [-0.4, -0.2) is 18.1 Å². The summed E-state index contributed by atoms with van der Waals surface area (Å²) in [6.45, 7) is 6.47. The van der Waals surface area contributed by atoms with Gasteiger partial charge in [0.1, 0.15) is 0 Å². The van der Waals surface area contributed by atoms with Crippen LogP contribution in [0.15, 0.2) is 30.3 Å². The average Bonchev–Trinajstić information content (AvgIpc) is 2.38. The molecule has 1 heterocycles. The average molecular weight is 242 g/mol. The van der Waals surface area contributed by atoms with Crippen LogP contribution in [0.4, 0.5) is 0 Å². The van der Waals surface area contributed by atoms with Crippen molar-refractivity contribution >= 4 is 10.9 Å². The Hall–Kier alpha value is -1.41. The van der Waals surface area contributed by atoms with Crippen molar-refractivity contribution in [1.29, 1.82) is 0 Å². The van der Waals surface area contributed by atoms with Gasteiger partial charge in [-0.25, -0.2) is 0 Å². The van der Waals surface area contributed by atoms with Crippen LogP contribution in [0.5, 0.6) is 0 Å². The maximum absolute atomic E-state index is 4.53. The SMILES string of the molecule is CCCNCCCc1ccc2nc(C)ccc2c1. The summed E-state index contributed by atoms with van der Waals surface area (Å²) < 4.78 is 0. The van der Waals surface area contributed by atoms with E-state index in [1.807, 2.05) is 6.92 Å². The Kier molecular flexibility index (Phi) is 4.71. The lowest BCUT2D eigenvalue weighted by molar-refractivity contribution is 0.640. The maximum Gasteiger partial charge on any atom is 0.0705 e. The molecule has 0 aliphatic heterocycles. The highest BCUT2D eigenvalue weighted by atomic mass is 14.8. The summed E-state index contributed by atoms with van der Waals surface area (Å²) in [4.78, 5) is 4.53. The third-order valence-corrected chi connectivity index (χ3v) is 3.14. The van der Waals surface area contributed by atoms with E-state index < -0.39 is 0 Å². The van der Waals surface area contributed by atoms with Crippen molar-refractivity contribution in [2.24, 2.45) is 0 Å². The zero-order chi connectivity index (χ0) is 12.8.